The fourth-order valence-corrected chi connectivity index (χ4v) is 3.00. The lowest BCUT2D eigenvalue weighted by atomic mass is 9.93. The molecule has 2 unspecified atom stereocenters. The first-order valence-corrected chi connectivity index (χ1v) is 7.46. The molecule has 1 fully saturated rings. The number of aromatic nitrogens is 2. The van der Waals surface area contributed by atoms with Crippen LogP contribution >= 0.6 is 0 Å². The molecule has 1 aliphatic rings. The lowest BCUT2D eigenvalue weighted by Crippen LogP contribution is -2.49. The molecule has 0 saturated carbocycles. The summed E-state index contributed by atoms with van der Waals surface area (Å²) >= 11 is 0. The van der Waals surface area contributed by atoms with Crippen molar-refractivity contribution in [1.29, 1.82) is 0 Å². The molecule has 2 rings (SSSR count). The predicted molar refractivity (Wildman–Crippen MR) is 79.6 cm³/mol. The normalized spacial score (nSPS) is 23.4. The van der Waals surface area contributed by atoms with Crippen molar-refractivity contribution in [2.75, 3.05) is 20.6 Å². The van der Waals surface area contributed by atoms with Crippen LogP contribution in [0.4, 0.5) is 0 Å². The molecule has 1 aliphatic heterocycles. The van der Waals surface area contributed by atoms with Gasteiger partial charge in [0.15, 0.2) is 0 Å². The second-order valence-corrected chi connectivity index (χ2v) is 6.11. The lowest BCUT2D eigenvalue weighted by Gasteiger charge is -2.41. The van der Waals surface area contributed by atoms with Crippen LogP contribution in [0.1, 0.15) is 43.1 Å². The van der Waals surface area contributed by atoms with Gasteiger partial charge in [0.2, 0.25) is 0 Å². The molecule has 1 amide bonds. The third-order valence-corrected chi connectivity index (χ3v) is 4.10. The van der Waals surface area contributed by atoms with Crippen LogP contribution in [0.3, 0.4) is 0 Å². The van der Waals surface area contributed by atoms with Gasteiger partial charge >= 0.3 is 0 Å². The zero-order valence-electron chi connectivity index (χ0n) is 13.0. The molecular formula is C15H26N4O. The molecule has 2 atom stereocenters. The van der Waals surface area contributed by atoms with E-state index >= 15 is 0 Å². The van der Waals surface area contributed by atoms with Crippen molar-refractivity contribution in [3.8, 4) is 0 Å². The molecule has 0 radical (unpaired) electrons. The number of hydrogen-bond acceptors (Lipinski definition) is 3. The van der Waals surface area contributed by atoms with Crippen molar-refractivity contribution < 1.29 is 4.79 Å². The molecule has 0 bridgehead atoms. The highest BCUT2D eigenvalue weighted by atomic mass is 16.2. The Balaban J connectivity index is 2.12. The minimum absolute atomic E-state index is 0.0848. The first-order chi connectivity index (χ1) is 9.49. The Morgan fingerprint density at radius 3 is 2.80 bits per heavy atom. The number of carbonyl (C=O) groups excluding carboxylic acids is 1. The van der Waals surface area contributed by atoms with Crippen molar-refractivity contribution in [3.63, 3.8) is 0 Å². The average Bonchev–Trinajstić information content (AvgIpc) is 2.82. The van der Waals surface area contributed by atoms with Crippen molar-refractivity contribution >= 4 is 5.91 Å². The highest BCUT2D eigenvalue weighted by Gasteiger charge is 2.32. The molecule has 112 valence electrons. The molecule has 0 aromatic carbocycles. The maximum absolute atomic E-state index is 12.7. The van der Waals surface area contributed by atoms with E-state index in [1.165, 1.54) is 6.42 Å². The van der Waals surface area contributed by atoms with Gasteiger partial charge < -0.3 is 9.80 Å². The topological polar surface area (TPSA) is 41.4 Å². The molecule has 20 heavy (non-hydrogen) atoms. The van der Waals surface area contributed by atoms with Gasteiger partial charge in [0.05, 0.1) is 0 Å². The molecule has 2 heterocycles. The summed E-state index contributed by atoms with van der Waals surface area (Å²) in [6.45, 7) is 3.17. The van der Waals surface area contributed by atoms with Gasteiger partial charge in [-0.15, -0.1) is 0 Å². The summed E-state index contributed by atoms with van der Waals surface area (Å²) in [5.41, 5.74) is 0.566. The van der Waals surface area contributed by atoms with Gasteiger partial charge in [-0.1, -0.05) is 0 Å². The Labute approximate surface area is 121 Å². The fourth-order valence-electron chi connectivity index (χ4n) is 3.00. The Hall–Kier alpha value is -1.36. The van der Waals surface area contributed by atoms with Gasteiger partial charge in [0.25, 0.3) is 5.91 Å². The Morgan fingerprint density at radius 2 is 2.20 bits per heavy atom. The van der Waals surface area contributed by atoms with Gasteiger partial charge in [0.1, 0.15) is 5.69 Å². The molecule has 0 N–H and O–H groups in total. The van der Waals surface area contributed by atoms with Gasteiger partial charge in [-0.25, -0.2) is 0 Å². The fraction of sp³-hybridized carbons (Fsp3) is 0.733. The standard InChI is InChI=1S/C15H26N4O/c1-12-6-5-7-13(8-10-17(2)3)19(12)15(20)14-9-11-18(4)16-14/h9,11-13H,5-8,10H2,1-4H3. The number of piperidine rings is 1. The summed E-state index contributed by atoms with van der Waals surface area (Å²) in [5, 5.41) is 4.26. The second-order valence-electron chi connectivity index (χ2n) is 6.11. The molecule has 0 aliphatic carbocycles. The third-order valence-electron chi connectivity index (χ3n) is 4.10. The van der Waals surface area contributed by atoms with Crippen LogP contribution < -0.4 is 0 Å². The van der Waals surface area contributed by atoms with Crippen LogP contribution in [0.15, 0.2) is 12.3 Å². The van der Waals surface area contributed by atoms with Crippen LogP contribution in [-0.2, 0) is 7.05 Å². The number of likely N-dealkylation sites (tertiary alicyclic amines) is 1. The number of nitrogens with zero attached hydrogens (tertiary/aromatic N) is 4. The van der Waals surface area contributed by atoms with Crippen molar-refractivity contribution in [3.05, 3.63) is 18.0 Å². The van der Waals surface area contributed by atoms with Crippen molar-refractivity contribution in [2.24, 2.45) is 7.05 Å². The summed E-state index contributed by atoms with van der Waals surface area (Å²) in [6.07, 6.45) is 6.28. The third kappa shape index (κ3) is 3.39. The van der Waals surface area contributed by atoms with Gasteiger partial charge in [-0.2, -0.15) is 5.10 Å². The zero-order valence-corrected chi connectivity index (χ0v) is 13.0. The minimum atomic E-state index is 0.0848. The second kappa shape index (κ2) is 6.39. The van der Waals surface area contributed by atoms with E-state index in [4.69, 9.17) is 0 Å². The molecule has 5 nitrogen and oxygen atoms in total. The highest BCUT2D eigenvalue weighted by molar-refractivity contribution is 5.92. The summed E-state index contributed by atoms with van der Waals surface area (Å²) in [4.78, 5) is 17.0. The predicted octanol–water partition coefficient (Wildman–Crippen LogP) is 1.75. The van der Waals surface area contributed by atoms with Crippen LogP contribution in [0.25, 0.3) is 0 Å². The van der Waals surface area contributed by atoms with Crippen LogP contribution in [0, 0.1) is 0 Å². The zero-order chi connectivity index (χ0) is 14.7. The minimum Gasteiger partial charge on any atom is -0.332 e. The lowest BCUT2D eigenvalue weighted by molar-refractivity contribution is 0.0445. The van der Waals surface area contributed by atoms with E-state index in [9.17, 15) is 4.79 Å². The van der Waals surface area contributed by atoms with Crippen molar-refractivity contribution in [2.45, 2.75) is 44.7 Å². The smallest absolute Gasteiger partial charge is 0.274 e. The summed E-state index contributed by atoms with van der Waals surface area (Å²) in [5.74, 6) is 0.0848. The SMILES string of the molecule is CC1CCCC(CCN(C)C)N1C(=O)c1ccn(C)n1. The van der Waals surface area contributed by atoms with E-state index in [0.29, 0.717) is 17.8 Å². The van der Waals surface area contributed by atoms with Crippen molar-refractivity contribution in [1.82, 2.24) is 19.6 Å². The quantitative estimate of drug-likeness (QED) is 0.842. The monoisotopic (exact) mass is 278 g/mol. The van der Waals surface area contributed by atoms with E-state index in [1.54, 1.807) is 4.68 Å². The Bertz CT molecular complexity index is 454. The van der Waals surface area contributed by atoms with Gasteiger partial charge in [-0.3, -0.25) is 9.48 Å². The van der Waals surface area contributed by atoms with E-state index in [-0.39, 0.29) is 5.91 Å². The van der Waals surface area contributed by atoms with E-state index < -0.39 is 0 Å². The van der Waals surface area contributed by atoms with Crippen LogP contribution in [0.2, 0.25) is 0 Å². The van der Waals surface area contributed by atoms with Crippen LogP contribution in [-0.4, -0.2) is 58.2 Å². The Morgan fingerprint density at radius 1 is 1.45 bits per heavy atom. The molecule has 5 heteroatoms. The number of carbonyl (C=O) groups is 1. The van der Waals surface area contributed by atoms with E-state index in [1.807, 2.05) is 19.3 Å². The number of hydrogen-bond donors (Lipinski definition) is 0. The van der Waals surface area contributed by atoms with Crippen LogP contribution in [0.5, 0.6) is 0 Å². The van der Waals surface area contributed by atoms with E-state index in [2.05, 4.69) is 35.9 Å². The largest absolute Gasteiger partial charge is 0.332 e. The number of aryl methyl sites for hydroxylation is 1. The molecule has 1 saturated heterocycles. The maximum atomic E-state index is 12.7. The molecular weight excluding hydrogens is 252 g/mol. The summed E-state index contributed by atoms with van der Waals surface area (Å²) < 4.78 is 1.69. The molecule has 1 aromatic rings. The maximum Gasteiger partial charge on any atom is 0.274 e. The highest BCUT2D eigenvalue weighted by Crippen LogP contribution is 2.26. The average molecular weight is 278 g/mol. The number of rotatable bonds is 4. The first-order valence-electron chi connectivity index (χ1n) is 7.46. The summed E-state index contributed by atoms with van der Waals surface area (Å²) in [6, 6.07) is 2.47. The Kier molecular flexibility index (Phi) is 4.81. The molecule has 1 aromatic heterocycles. The van der Waals surface area contributed by atoms with Gasteiger partial charge in [-0.05, 0) is 59.3 Å². The number of amides is 1. The van der Waals surface area contributed by atoms with E-state index in [0.717, 1.165) is 25.8 Å². The summed E-state index contributed by atoms with van der Waals surface area (Å²) in [7, 11) is 6.01. The first kappa shape index (κ1) is 15.0. The van der Waals surface area contributed by atoms with Gasteiger partial charge in [0, 0.05) is 25.3 Å². The molecule has 0 spiro atoms.